The van der Waals surface area contributed by atoms with Gasteiger partial charge in [-0.25, -0.2) is 4.39 Å². The molecule has 0 bridgehead atoms. The Morgan fingerprint density at radius 2 is 2.00 bits per heavy atom. The Morgan fingerprint density at radius 3 is 2.61 bits per heavy atom. The van der Waals surface area contributed by atoms with E-state index in [1.807, 2.05) is 6.07 Å². The Hall–Kier alpha value is -0.600. The van der Waals surface area contributed by atoms with Gasteiger partial charge in [-0.15, -0.1) is 0 Å². The maximum Gasteiger partial charge on any atom is 0.128 e. The molecule has 0 aromatic heterocycles. The summed E-state index contributed by atoms with van der Waals surface area (Å²) in [6, 6.07) is 5.02. The number of hydrogen-bond donors (Lipinski definition) is 1. The summed E-state index contributed by atoms with van der Waals surface area (Å²) in [5.74, 6) is -0.151. The third-order valence-corrected chi connectivity index (χ3v) is 4.33. The van der Waals surface area contributed by atoms with Crippen LogP contribution in [0.3, 0.4) is 0 Å². The minimum atomic E-state index is -0.151. The molecule has 0 atom stereocenters. The van der Waals surface area contributed by atoms with Crippen LogP contribution in [-0.2, 0) is 5.41 Å². The molecule has 1 aliphatic carbocycles. The molecule has 18 heavy (non-hydrogen) atoms. The summed E-state index contributed by atoms with van der Waals surface area (Å²) in [5, 5.41) is 3.96. The first-order valence-corrected chi connectivity index (χ1v) is 7.22. The highest BCUT2D eigenvalue weighted by atomic mass is 35.5. The molecule has 2 rings (SSSR count). The molecule has 1 aliphatic rings. The van der Waals surface area contributed by atoms with Gasteiger partial charge in [0, 0.05) is 22.5 Å². The van der Waals surface area contributed by atoms with Gasteiger partial charge in [-0.2, -0.15) is 0 Å². The van der Waals surface area contributed by atoms with E-state index >= 15 is 0 Å². The van der Waals surface area contributed by atoms with Crippen molar-refractivity contribution >= 4 is 11.6 Å². The zero-order chi connectivity index (χ0) is 13.0. The van der Waals surface area contributed by atoms with Crippen LogP contribution in [-0.4, -0.2) is 13.1 Å². The van der Waals surface area contributed by atoms with Crippen molar-refractivity contribution in [1.82, 2.24) is 5.32 Å². The molecular formula is C15H21ClFN. The maximum atomic E-state index is 14.2. The smallest absolute Gasteiger partial charge is 0.128 e. The van der Waals surface area contributed by atoms with E-state index in [2.05, 4.69) is 12.2 Å². The summed E-state index contributed by atoms with van der Waals surface area (Å²) >= 11 is 6.26. The van der Waals surface area contributed by atoms with Crippen molar-refractivity contribution < 1.29 is 4.39 Å². The van der Waals surface area contributed by atoms with Crippen molar-refractivity contribution in [2.75, 3.05) is 13.1 Å². The first kappa shape index (κ1) is 13.8. The van der Waals surface area contributed by atoms with E-state index in [-0.39, 0.29) is 11.2 Å². The third-order valence-electron chi connectivity index (χ3n) is 4.02. The largest absolute Gasteiger partial charge is 0.316 e. The van der Waals surface area contributed by atoms with Crippen molar-refractivity contribution in [2.24, 2.45) is 0 Å². The van der Waals surface area contributed by atoms with Crippen LogP contribution in [0.5, 0.6) is 0 Å². The van der Waals surface area contributed by atoms with Crippen molar-refractivity contribution in [2.45, 2.75) is 44.4 Å². The Labute approximate surface area is 114 Å². The van der Waals surface area contributed by atoms with E-state index in [1.54, 1.807) is 6.07 Å². The number of rotatable bonds is 4. The molecule has 1 aromatic rings. The van der Waals surface area contributed by atoms with E-state index in [0.29, 0.717) is 5.02 Å². The molecule has 1 aromatic carbocycles. The van der Waals surface area contributed by atoms with Crippen LogP contribution in [0.4, 0.5) is 4.39 Å². The SMILES string of the molecule is CCNCC1(c2c(F)cccc2Cl)CCCCC1. The van der Waals surface area contributed by atoms with Crippen LogP contribution in [0.25, 0.3) is 0 Å². The van der Waals surface area contributed by atoms with Crippen LogP contribution < -0.4 is 5.32 Å². The van der Waals surface area contributed by atoms with E-state index in [4.69, 9.17) is 11.6 Å². The molecule has 0 spiro atoms. The summed E-state index contributed by atoms with van der Waals surface area (Å²) in [6.45, 7) is 3.82. The lowest BCUT2D eigenvalue weighted by Crippen LogP contribution is -2.40. The molecule has 3 heteroatoms. The van der Waals surface area contributed by atoms with E-state index < -0.39 is 0 Å². The molecule has 0 unspecified atom stereocenters. The van der Waals surface area contributed by atoms with E-state index in [1.165, 1.54) is 12.5 Å². The normalized spacial score (nSPS) is 18.8. The van der Waals surface area contributed by atoms with Crippen LogP contribution in [0, 0.1) is 5.82 Å². The van der Waals surface area contributed by atoms with Crippen LogP contribution >= 0.6 is 11.6 Å². The molecule has 1 nitrogen and oxygen atoms in total. The number of halogens is 2. The Morgan fingerprint density at radius 1 is 1.28 bits per heavy atom. The van der Waals surface area contributed by atoms with Crippen LogP contribution in [0.15, 0.2) is 18.2 Å². The highest BCUT2D eigenvalue weighted by Gasteiger charge is 2.37. The van der Waals surface area contributed by atoms with Gasteiger partial charge in [0.15, 0.2) is 0 Å². The van der Waals surface area contributed by atoms with Gasteiger partial charge in [0.25, 0.3) is 0 Å². The number of nitrogens with one attached hydrogen (secondary N) is 1. The van der Waals surface area contributed by atoms with Gasteiger partial charge >= 0.3 is 0 Å². The van der Waals surface area contributed by atoms with E-state index in [0.717, 1.165) is 44.3 Å². The fourth-order valence-corrected chi connectivity index (χ4v) is 3.48. The second kappa shape index (κ2) is 6.03. The molecule has 0 heterocycles. The Bertz CT molecular complexity index is 379. The maximum absolute atomic E-state index is 14.2. The van der Waals surface area contributed by atoms with Gasteiger partial charge in [0.2, 0.25) is 0 Å². The molecule has 1 fully saturated rings. The lowest BCUT2D eigenvalue weighted by molar-refractivity contribution is 0.274. The first-order valence-electron chi connectivity index (χ1n) is 6.85. The lowest BCUT2D eigenvalue weighted by atomic mass is 9.69. The highest BCUT2D eigenvalue weighted by Crippen LogP contribution is 2.43. The van der Waals surface area contributed by atoms with E-state index in [9.17, 15) is 4.39 Å². The van der Waals surface area contributed by atoms with Gasteiger partial charge in [0.1, 0.15) is 5.82 Å². The quantitative estimate of drug-likeness (QED) is 0.860. The molecule has 0 saturated heterocycles. The topological polar surface area (TPSA) is 12.0 Å². The van der Waals surface area contributed by atoms with Crippen LogP contribution in [0.1, 0.15) is 44.6 Å². The zero-order valence-corrected chi connectivity index (χ0v) is 11.7. The second-order valence-corrected chi connectivity index (χ2v) is 5.63. The average Bonchev–Trinajstić information content (AvgIpc) is 2.37. The standard InChI is InChI=1S/C15H21ClFN/c1-2-18-11-15(9-4-3-5-10-15)14-12(16)7-6-8-13(14)17/h6-8,18H,2-5,9-11H2,1H3. The zero-order valence-electron chi connectivity index (χ0n) is 10.9. The van der Waals surface area contributed by atoms with Crippen LogP contribution in [0.2, 0.25) is 5.02 Å². The number of likely N-dealkylation sites (N-methyl/N-ethyl adjacent to an activating group) is 1. The van der Waals surface area contributed by atoms with Gasteiger partial charge in [-0.05, 0) is 31.5 Å². The third kappa shape index (κ3) is 2.70. The fraction of sp³-hybridized carbons (Fsp3) is 0.600. The minimum Gasteiger partial charge on any atom is -0.316 e. The predicted octanol–water partition coefficient (Wildman–Crippen LogP) is 4.29. The molecule has 0 amide bonds. The summed E-state index contributed by atoms with van der Waals surface area (Å²) in [5.41, 5.74) is 0.615. The Kier molecular flexibility index (Phi) is 4.63. The Balaban J connectivity index is 2.38. The molecule has 0 radical (unpaired) electrons. The molecule has 1 saturated carbocycles. The lowest BCUT2D eigenvalue weighted by Gasteiger charge is -2.39. The highest BCUT2D eigenvalue weighted by molar-refractivity contribution is 6.31. The minimum absolute atomic E-state index is 0.114. The molecule has 100 valence electrons. The van der Waals surface area contributed by atoms with Crippen molar-refractivity contribution in [1.29, 1.82) is 0 Å². The van der Waals surface area contributed by atoms with Gasteiger partial charge in [-0.3, -0.25) is 0 Å². The summed E-state index contributed by atoms with van der Waals surface area (Å²) in [7, 11) is 0. The molecule has 0 aliphatic heterocycles. The first-order chi connectivity index (χ1) is 8.69. The van der Waals surface area contributed by atoms with Crippen molar-refractivity contribution in [3.63, 3.8) is 0 Å². The monoisotopic (exact) mass is 269 g/mol. The predicted molar refractivity (Wildman–Crippen MR) is 74.7 cm³/mol. The van der Waals surface area contributed by atoms with Gasteiger partial charge < -0.3 is 5.32 Å². The summed E-state index contributed by atoms with van der Waals surface area (Å²) in [6.07, 6.45) is 5.63. The second-order valence-electron chi connectivity index (χ2n) is 5.22. The number of benzene rings is 1. The van der Waals surface area contributed by atoms with Crippen molar-refractivity contribution in [3.8, 4) is 0 Å². The van der Waals surface area contributed by atoms with Gasteiger partial charge in [0.05, 0.1) is 0 Å². The summed E-state index contributed by atoms with van der Waals surface area (Å²) in [4.78, 5) is 0. The summed E-state index contributed by atoms with van der Waals surface area (Å²) < 4.78 is 14.2. The molecule has 1 N–H and O–H groups in total. The molecular weight excluding hydrogens is 249 g/mol. The van der Waals surface area contributed by atoms with Crippen molar-refractivity contribution in [3.05, 3.63) is 34.6 Å². The number of hydrogen-bond acceptors (Lipinski definition) is 1. The van der Waals surface area contributed by atoms with Gasteiger partial charge in [-0.1, -0.05) is 43.9 Å². The average molecular weight is 270 g/mol. The fourth-order valence-electron chi connectivity index (χ4n) is 3.11.